The molecule has 96 valence electrons. The fourth-order valence-corrected chi connectivity index (χ4v) is 1.94. The summed E-state index contributed by atoms with van der Waals surface area (Å²) in [5.74, 6) is 0.852. The molecule has 2 aromatic heterocycles. The molecule has 1 aromatic carbocycles. The molecule has 0 aliphatic rings. The van der Waals surface area contributed by atoms with Gasteiger partial charge in [0.1, 0.15) is 0 Å². The second-order valence-electron chi connectivity index (χ2n) is 4.40. The fourth-order valence-electron chi connectivity index (χ4n) is 1.94. The topological polar surface area (TPSA) is 86.7 Å². The molecule has 0 fully saturated rings. The number of rotatable bonds is 2. The predicted octanol–water partition coefficient (Wildman–Crippen LogP) is 2.42. The molecule has 3 aromatic rings. The first-order valence-corrected chi connectivity index (χ1v) is 5.88. The van der Waals surface area contributed by atoms with Gasteiger partial charge in [-0.25, -0.2) is 15.0 Å². The van der Waals surface area contributed by atoms with E-state index in [1.807, 2.05) is 32.0 Å². The van der Waals surface area contributed by atoms with Crippen LogP contribution in [0.3, 0.4) is 0 Å². The maximum Gasteiger partial charge on any atom is 0.230 e. The third kappa shape index (κ3) is 2.20. The van der Waals surface area contributed by atoms with Crippen LogP contribution < -0.4 is 5.32 Å². The zero-order valence-electron chi connectivity index (χ0n) is 10.6. The van der Waals surface area contributed by atoms with Crippen LogP contribution in [-0.4, -0.2) is 25.0 Å². The molecule has 0 saturated carbocycles. The molecular formula is C13H13N5O. The van der Waals surface area contributed by atoms with Crippen LogP contribution in [0.5, 0.6) is 5.88 Å². The van der Waals surface area contributed by atoms with Gasteiger partial charge in [0, 0.05) is 5.39 Å². The molecule has 2 heterocycles. The molecule has 0 unspecified atom stereocenters. The van der Waals surface area contributed by atoms with E-state index >= 15 is 0 Å². The number of fused-ring (bicyclic) bond motifs is 1. The van der Waals surface area contributed by atoms with Gasteiger partial charge in [0.05, 0.1) is 17.4 Å². The Hall–Kier alpha value is -2.63. The van der Waals surface area contributed by atoms with Crippen molar-refractivity contribution >= 4 is 22.8 Å². The van der Waals surface area contributed by atoms with Gasteiger partial charge in [0.15, 0.2) is 0 Å². The maximum atomic E-state index is 9.19. The number of nitrogens with one attached hydrogen (secondary N) is 2. The number of aromatic nitrogens is 4. The Kier molecular flexibility index (Phi) is 2.56. The summed E-state index contributed by atoms with van der Waals surface area (Å²) >= 11 is 0. The summed E-state index contributed by atoms with van der Waals surface area (Å²) < 4.78 is 0. The summed E-state index contributed by atoms with van der Waals surface area (Å²) in [7, 11) is 0. The number of aromatic hydroxyl groups is 1. The van der Waals surface area contributed by atoms with Crippen molar-refractivity contribution in [2.75, 3.05) is 5.32 Å². The third-order valence-corrected chi connectivity index (χ3v) is 2.84. The van der Waals surface area contributed by atoms with E-state index < -0.39 is 0 Å². The highest BCUT2D eigenvalue weighted by Crippen LogP contribution is 2.20. The van der Waals surface area contributed by atoms with Gasteiger partial charge in [-0.05, 0) is 25.5 Å². The zero-order valence-corrected chi connectivity index (χ0v) is 10.6. The lowest BCUT2D eigenvalue weighted by Crippen LogP contribution is -2.00. The van der Waals surface area contributed by atoms with Crippen molar-refractivity contribution in [1.29, 1.82) is 0 Å². The molecule has 19 heavy (non-hydrogen) atoms. The Balaban J connectivity index is 2.04. The first-order valence-electron chi connectivity index (χ1n) is 5.88. The van der Waals surface area contributed by atoms with Crippen LogP contribution >= 0.6 is 0 Å². The van der Waals surface area contributed by atoms with E-state index in [9.17, 15) is 5.11 Å². The summed E-state index contributed by atoms with van der Waals surface area (Å²) in [5.41, 5.74) is 2.92. The minimum absolute atomic E-state index is 0.00384. The number of H-pyrrole nitrogens is 1. The van der Waals surface area contributed by atoms with Gasteiger partial charge >= 0.3 is 0 Å². The average Bonchev–Trinajstić information content (AvgIpc) is 2.74. The number of hydrogen-bond donors (Lipinski definition) is 3. The molecule has 6 nitrogen and oxygen atoms in total. The van der Waals surface area contributed by atoms with Gasteiger partial charge in [0.2, 0.25) is 17.8 Å². The SMILES string of the molecule is Cc1ccc2c(C)nc(Nc3ncc(O)[nH]3)nc2c1. The molecule has 3 N–H and O–H groups in total. The number of aromatic amines is 1. The van der Waals surface area contributed by atoms with Gasteiger partial charge in [-0.3, -0.25) is 10.3 Å². The molecule has 0 atom stereocenters. The Bertz CT molecular complexity index is 750. The summed E-state index contributed by atoms with van der Waals surface area (Å²) in [6.07, 6.45) is 1.32. The van der Waals surface area contributed by atoms with Crippen LogP contribution in [0, 0.1) is 13.8 Å². The molecule has 0 bridgehead atoms. The highest BCUT2D eigenvalue weighted by Gasteiger charge is 2.06. The monoisotopic (exact) mass is 255 g/mol. The number of benzene rings is 1. The van der Waals surface area contributed by atoms with Crippen molar-refractivity contribution in [2.45, 2.75) is 13.8 Å². The predicted molar refractivity (Wildman–Crippen MR) is 72.5 cm³/mol. The van der Waals surface area contributed by atoms with Gasteiger partial charge in [0.25, 0.3) is 0 Å². The minimum Gasteiger partial charge on any atom is -0.493 e. The van der Waals surface area contributed by atoms with E-state index in [1.165, 1.54) is 6.20 Å². The summed E-state index contributed by atoms with van der Waals surface area (Å²) in [6.45, 7) is 3.96. The number of imidazole rings is 1. The van der Waals surface area contributed by atoms with Crippen LogP contribution in [0.1, 0.15) is 11.3 Å². The fraction of sp³-hybridized carbons (Fsp3) is 0.154. The standard InChI is InChI=1S/C13H13N5O/c1-7-3-4-9-8(2)15-13(16-10(9)5-7)18-12-14-6-11(19)17-12/h3-6,19H,1-2H3,(H2,14,15,16,17,18). The highest BCUT2D eigenvalue weighted by molar-refractivity contribution is 5.82. The van der Waals surface area contributed by atoms with E-state index in [4.69, 9.17) is 0 Å². The van der Waals surface area contributed by atoms with E-state index in [0.717, 1.165) is 22.2 Å². The largest absolute Gasteiger partial charge is 0.493 e. The van der Waals surface area contributed by atoms with Crippen molar-refractivity contribution in [3.63, 3.8) is 0 Å². The van der Waals surface area contributed by atoms with E-state index in [0.29, 0.717) is 11.9 Å². The second kappa shape index (κ2) is 4.24. The normalized spacial score (nSPS) is 10.8. The van der Waals surface area contributed by atoms with Crippen LogP contribution in [0.25, 0.3) is 10.9 Å². The lowest BCUT2D eigenvalue weighted by Gasteiger charge is -2.06. The summed E-state index contributed by atoms with van der Waals surface area (Å²) in [6, 6.07) is 6.06. The van der Waals surface area contributed by atoms with E-state index in [1.54, 1.807) is 0 Å². The molecule has 0 amide bonds. The first-order chi connectivity index (χ1) is 9.11. The van der Waals surface area contributed by atoms with Gasteiger partial charge < -0.3 is 5.11 Å². The quantitative estimate of drug-likeness (QED) is 0.654. The Morgan fingerprint density at radius 1 is 1.21 bits per heavy atom. The van der Waals surface area contributed by atoms with Crippen LogP contribution in [0.2, 0.25) is 0 Å². The van der Waals surface area contributed by atoms with Crippen molar-refractivity contribution in [3.8, 4) is 5.88 Å². The zero-order chi connectivity index (χ0) is 13.4. The Morgan fingerprint density at radius 2 is 2.05 bits per heavy atom. The molecule has 6 heteroatoms. The number of hydrogen-bond acceptors (Lipinski definition) is 5. The van der Waals surface area contributed by atoms with Crippen molar-refractivity contribution in [3.05, 3.63) is 35.7 Å². The summed E-state index contributed by atoms with van der Waals surface area (Å²) in [5, 5.41) is 13.1. The van der Waals surface area contributed by atoms with Gasteiger partial charge in [-0.15, -0.1) is 0 Å². The summed E-state index contributed by atoms with van der Waals surface area (Å²) in [4.78, 5) is 15.4. The van der Waals surface area contributed by atoms with Crippen LogP contribution in [0.4, 0.5) is 11.9 Å². The lowest BCUT2D eigenvalue weighted by atomic mass is 10.1. The van der Waals surface area contributed by atoms with Crippen molar-refractivity contribution in [1.82, 2.24) is 19.9 Å². The smallest absolute Gasteiger partial charge is 0.230 e. The first kappa shape index (κ1) is 11.5. The molecule has 0 aliphatic heterocycles. The number of nitrogens with zero attached hydrogens (tertiary/aromatic N) is 3. The van der Waals surface area contributed by atoms with Crippen LogP contribution in [-0.2, 0) is 0 Å². The molecule has 0 saturated heterocycles. The second-order valence-corrected chi connectivity index (χ2v) is 4.40. The molecular weight excluding hydrogens is 242 g/mol. The van der Waals surface area contributed by atoms with Gasteiger partial charge in [-0.1, -0.05) is 12.1 Å². The van der Waals surface area contributed by atoms with Gasteiger partial charge in [-0.2, -0.15) is 0 Å². The Morgan fingerprint density at radius 3 is 2.79 bits per heavy atom. The molecule has 3 rings (SSSR count). The average molecular weight is 255 g/mol. The lowest BCUT2D eigenvalue weighted by molar-refractivity contribution is 0.457. The molecule has 0 aliphatic carbocycles. The third-order valence-electron chi connectivity index (χ3n) is 2.84. The minimum atomic E-state index is -0.00384. The Labute approximate surface area is 109 Å². The van der Waals surface area contributed by atoms with Crippen LogP contribution in [0.15, 0.2) is 24.4 Å². The number of aryl methyl sites for hydroxylation is 2. The molecule has 0 radical (unpaired) electrons. The van der Waals surface area contributed by atoms with E-state index in [2.05, 4.69) is 25.3 Å². The van der Waals surface area contributed by atoms with Crippen molar-refractivity contribution in [2.24, 2.45) is 0 Å². The molecule has 0 spiro atoms. The maximum absolute atomic E-state index is 9.19. The number of anilines is 2. The van der Waals surface area contributed by atoms with Crippen molar-refractivity contribution < 1.29 is 5.11 Å². The highest BCUT2D eigenvalue weighted by atomic mass is 16.3. The van der Waals surface area contributed by atoms with E-state index in [-0.39, 0.29) is 5.88 Å².